The Hall–Kier alpha value is -8.00. The van der Waals surface area contributed by atoms with Crippen molar-refractivity contribution in [1.82, 2.24) is 29.7 Å². The van der Waals surface area contributed by atoms with Crippen LogP contribution in [0.5, 0.6) is 0 Å². The zero-order valence-electron chi connectivity index (χ0n) is 65.5. The van der Waals surface area contributed by atoms with E-state index in [4.69, 9.17) is 19.3 Å². The molecule has 7 aromatic rings. The van der Waals surface area contributed by atoms with Gasteiger partial charge in [-0.05, 0) is 205 Å². The minimum atomic E-state index is -0.779. The van der Waals surface area contributed by atoms with E-state index in [2.05, 4.69) is 168 Å². The average Bonchev–Trinajstić information content (AvgIpc) is 0.947. The molecule has 4 amide bonds. The summed E-state index contributed by atoms with van der Waals surface area (Å²) in [6.45, 7) is 35.2. The van der Waals surface area contributed by atoms with Crippen molar-refractivity contribution in [3.8, 4) is 22.3 Å². The normalized spacial score (nSPS) is 15.2. The molecular formula is C91H115BN6O6. The van der Waals surface area contributed by atoms with Crippen LogP contribution in [-0.2, 0) is 33.0 Å². The van der Waals surface area contributed by atoms with E-state index in [9.17, 15) is 19.2 Å². The van der Waals surface area contributed by atoms with Crippen LogP contribution in [0.4, 0.5) is 0 Å². The number of rotatable bonds is 29. The van der Waals surface area contributed by atoms with E-state index in [1.807, 2.05) is 0 Å². The van der Waals surface area contributed by atoms with Crippen molar-refractivity contribution in [3.05, 3.63) is 157 Å². The number of hydrogen-bond donors (Lipinski definition) is 2. The van der Waals surface area contributed by atoms with Crippen LogP contribution in [0.15, 0.2) is 78.9 Å². The van der Waals surface area contributed by atoms with Crippen LogP contribution in [0.2, 0.25) is 0 Å². The zero-order chi connectivity index (χ0) is 73.9. The predicted octanol–water partition coefficient (Wildman–Crippen LogP) is 22.6. The van der Waals surface area contributed by atoms with Crippen LogP contribution < -0.4 is 5.46 Å². The number of amides is 4. The van der Waals surface area contributed by atoms with Gasteiger partial charge in [0, 0.05) is 61.7 Å². The Kier molecular flexibility index (Phi) is 23.6. The molecule has 0 aliphatic carbocycles. The average molecular weight is 1400 g/mol. The molecule has 0 saturated carbocycles. The Morgan fingerprint density at radius 2 is 0.846 bits per heavy atom. The van der Waals surface area contributed by atoms with Crippen molar-refractivity contribution in [3.63, 3.8) is 0 Å². The lowest BCUT2D eigenvalue weighted by Crippen LogP contribution is -2.56. The molecule has 8 heterocycles. The number of aromatic amines is 2. The monoisotopic (exact) mass is 1400 g/mol. The van der Waals surface area contributed by atoms with E-state index in [-0.39, 0.29) is 35.2 Å². The van der Waals surface area contributed by atoms with Crippen LogP contribution in [0.25, 0.3) is 77.4 Å². The van der Waals surface area contributed by atoms with Gasteiger partial charge >= 0.3 is 7.12 Å². The molecule has 4 aromatic carbocycles. The van der Waals surface area contributed by atoms with Gasteiger partial charge in [-0.1, -0.05) is 215 Å². The van der Waals surface area contributed by atoms with Crippen LogP contribution in [0.3, 0.4) is 0 Å². The molecule has 12 nitrogen and oxygen atoms in total. The summed E-state index contributed by atoms with van der Waals surface area (Å²) < 4.78 is 13.1. The van der Waals surface area contributed by atoms with Crippen molar-refractivity contribution in [1.29, 1.82) is 0 Å². The van der Waals surface area contributed by atoms with Crippen LogP contribution in [0, 0.1) is 13.8 Å². The van der Waals surface area contributed by atoms with Crippen molar-refractivity contribution in [2.24, 2.45) is 0 Å². The molecule has 12 rings (SSSR count). The minimum Gasteiger partial charge on any atom is -0.405 e. The van der Waals surface area contributed by atoms with Crippen molar-refractivity contribution < 1.29 is 28.5 Å². The topological polar surface area (TPSA) is 151 Å². The number of unbranched alkanes of at least 4 members (excludes halogenated alkanes) is 15. The molecule has 5 aliphatic heterocycles. The maximum absolute atomic E-state index is 14.7. The lowest BCUT2D eigenvalue weighted by Gasteiger charge is -2.38. The van der Waals surface area contributed by atoms with Crippen molar-refractivity contribution in [2.75, 3.05) is 19.8 Å². The second-order valence-corrected chi connectivity index (χ2v) is 32.7. The highest BCUT2D eigenvalue weighted by Gasteiger charge is 2.44. The third kappa shape index (κ3) is 15.1. The maximum atomic E-state index is 14.7. The first-order valence-electron chi connectivity index (χ1n) is 40.1. The smallest absolute Gasteiger partial charge is 0.405 e. The van der Waals surface area contributed by atoms with Crippen molar-refractivity contribution >= 4 is 91.3 Å². The number of aryl methyl sites for hydroxylation is 4. The number of hydrogen-bond acceptors (Lipinski definition) is 8. The fourth-order valence-electron chi connectivity index (χ4n) is 16.7. The summed E-state index contributed by atoms with van der Waals surface area (Å²) in [5, 5.41) is 0.729. The summed E-state index contributed by atoms with van der Waals surface area (Å²) in [4.78, 5) is 80.3. The number of H-pyrrole nitrogens is 2. The lowest BCUT2D eigenvalue weighted by atomic mass is 9.77. The van der Waals surface area contributed by atoms with Gasteiger partial charge in [0.15, 0.2) is 0 Å². The quantitative estimate of drug-likeness (QED) is 0.0267. The van der Waals surface area contributed by atoms with Gasteiger partial charge in [0.05, 0.1) is 53.1 Å². The Bertz CT molecular complexity index is 4430. The number of benzene rings is 4. The number of carbonyl (C=O) groups is 4. The molecular weight excluding hydrogens is 1280 g/mol. The Morgan fingerprint density at radius 1 is 0.452 bits per heavy atom. The fourth-order valence-corrected chi connectivity index (χ4v) is 16.7. The molecule has 1 saturated heterocycles. The van der Waals surface area contributed by atoms with Crippen LogP contribution in [0.1, 0.15) is 329 Å². The highest BCUT2D eigenvalue weighted by molar-refractivity contribution is 6.61. The maximum Gasteiger partial charge on any atom is 0.494 e. The molecule has 0 radical (unpaired) electrons. The van der Waals surface area contributed by atoms with Gasteiger partial charge in [-0.25, -0.2) is 9.97 Å². The highest BCUT2D eigenvalue weighted by Crippen LogP contribution is 2.47. The molecule has 0 unspecified atom stereocenters. The minimum absolute atomic E-state index is 0.0419. The number of fused-ring (bicyclic) bond motifs is 8. The molecule has 104 heavy (non-hydrogen) atoms. The van der Waals surface area contributed by atoms with Crippen LogP contribution >= 0.6 is 0 Å². The second-order valence-electron chi connectivity index (χ2n) is 32.7. The summed E-state index contributed by atoms with van der Waals surface area (Å²) in [7, 11) is -0.779. The predicted molar refractivity (Wildman–Crippen MR) is 432 cm³/mol. The molecule has 3 aromatic heterocycles. The number of nitrogens with one attached hydrogen (secondary N) is 2. The van der Waals surface area contributed by atoms with Gasteiger partial charge in [0.1, 0.15) is 0 Å². The van der Waals surface area contributed by atoms with E-state index >= 15 is 0 Å². The van der Waals surface area contributed by atoms with Gasteiger partial charge in [0.25, 0.3) is 23.6 Å². The number of nitrogens with zero attached hydrogens (tertiary/aromatic N) is 4. The molecule has 8 bridgehead atoms. The zero-order valence-corrected chi connectivity index (χ0v) is 65.5. The van der Waals surface area contributed by atoms with Gasteiger partial charge in [0.2, 0.25) is 0 Å². The Labute approximate surface area is 620 Å². The SMILES string of the molecule is CCCCCCC1=C(C)c2nc1cc1[nH]c(c(C)c1CCCCCC)c(-c1cc(C(C)(C)C)cc(C(C)(C)C)c1)c1[nH]c(cc3nc(c2-c2ccc(B4OCC(N5C(=O)c6ccc7c8c(ccc(c68)C5=O)C(=O)N(CCCCCC)C7=O)CO4)cc2)C(C)=C3CCCCCC)c(CCCCCC)c1C. The Balaban J connectivity index is 1.01. The molecule has 1 fully saturated rings. The van der Waals surface area contributed by atoms with E-state index in [0.29, 0.717) is 34.9 Å². The first-order valence-corrected chi connectivity index (χ1v) is 40.1. The van der Waals surface area contributed by atoms with Crippen molar-refractivity contribution in [2.45, 2.75) is 275 Å². The Morgan fingerprint density at radius 3 is 1.25 bits per heavy atom. The molecule has 0 spiro atoms. The summed E-state index contributed by atoms with van der Waals surface area (Å²) in [5.41, 5.74) is 27.6. The molecule has 5 aliphatic rings. The third-order valence-corrected chi connectivity index (χ3v) is 23.1. The summed E-state index contributed by atoms with van der Waals surface area (Å²) in [6, 6.07) is 26.6. The number of aromatic nitrogens is 4. The fraction of sp³-hybridized carbons (Fsp3) is 0.495. The van der Waals surface area contributed by atoms with E-state index in [1.165, 1.54) is 128 Å². The largest absolute Gasteiger partial charge is 0.494 e. The van der Waals surface area contributed by atoms with E-state index < -0.39 is 36.8 Å². The first kappa shape index (κ1) is 75.7. The molecule has 13 heteroatoms. The van der Waals surface area contributed by atoms with Crippen LogP contribution in [-0.4, -0.2) is 86.3 Å². The first-order chi connectivity index (χ1) is 50.0. The molecule has 0 atom stereocenters. The summed E-state index contributed by atoms with van der Waals surface area (Å²) in [5.74, 6) is -1.81. The van der Waals surface area contributed by atoms with E-state index in [0.717, 1.165) is 158 Å². The van der Waals surface area contributed by atoms with Gasteiger partial charge in [-0.3, -0.25) is 29.0 Å². The van der Waals surface area contributed by atoms with Gasteiger partial charge in [-0.2, -0.15) is 0 Å². The number of carbonyl (C=O) groups excluding carboxylic acids is 4. The van der Waals surface area contributed by atoms with Gasteiger partial charge < -0.3 is 19.3 Å². The highest BCUT2D eigenvalue weighted by atomic mass is 16.6. The second kappa shape index (κ2) is 32.4. The molecule has 548 valence electrons. The number of imide groups is 2. The van der Waals surface area contributed by atoms with E-state index in [1.54, 1.807) is 24.3 Å². The lowest BCUT2D eigenvalue weighted by molar-refractivity contribution is 0.0249. The summed E-state index contributed by atoms with van der Waals surface area (Å²) in [6.07, 6.45) is 25.7. The van der Waals surface area contributed by atoms with Gasteiger partial charge in [-0.15, -0.1) is 0 Å². The summed E-state index contributed by atoms with van der Waals surface area (Å²) >= 11 is 0. The standard InChI is InChI=1S/C91H115BN6O6/c1-16-21-26-31-36-66-56(6)82-78(60-40-42-64(43-41-60)92-103-54-65(55-104-92)98-88(101)72-46-44-70-80-71(45-47-73(81(72)80)89(98)102)87(100)97(86(70)99)48-35-30-25-20-5)83-57(7)67(37-32-27-22-17-2)75(94-83)53-77-69(39-34-29-24-19-4)59(9)85(96-77)79(61-49-62(90(10,11)12)51-63(50-61)91(13,14)15)84-58(8)68(38-33-28-23-18-3)76(95-84)52-74(66)93-82/h40-47,49-53,65,95-96H,16-39,48,54-55H2,1-15H3. The molecule has 2 N–H and O–H groups in total. The third-order valence-electron chi connectivity index (χ3n) is 23.1. The number of allylic oxidation sites excluding steroid dienone is 4.